The Labute approximate surface area is 430 Å². The van der Waals surface area contributed by atoms with Crippen LogP contribution in [0.2, 0.25) is 10.0 Å². The number of nitrogens with zero attached hydrogens (tertiary/aromatic N) is 6. The first kappa shape index (κ1) is 50.7. The third kappa shape index (κ3) is 11.4. The molecule has 1 saturated heterocycles. The van der Waals surface area contributed by atoms with E-state index in [1.807, 2.05) is 38.1 Å². The second-order valence-electron chi connectivity index (χ2n) is 17.7. The van der Waals surface area contributed by atoms with Gasteiger partial charge in [0.25, 0.3) is 0 Å². The van der Waals surface area contributed by atoms with E-state index in [-0.39, 0.29) is 41.7 Å². The van der Waals surface area contributed by atoms with Gasteiger partial charge < -0.3 is 43.2 Å². The van der Waals surface area contributed by atoms with Crippen molar-refractivity contribution < 1.29 is 47.4 Å². The van der Waals surface area contributed by atoms with Gasteiger partial charge >= 0.3 is 5.97 Å². The van der Waals surface area contributed by atoms with Crippen LogP contribution in [0.1, 0.15) is 22.4 Å². The molecule has 1 N–H and O–H groups in total. The molecule has 10 rings (SSSR count). The SMILES string of the molecule is COCC(COC)Oc1ccc(-c2nccc(COc3ccc4cc3C[C@H](C(=O)O)Oc3ncnc5sc(-c6ccc(F)cc6)c(c35)-c3c(C)c(Cl)c(c(Cl)c3C)O[C@H](CN3CCN(C)CC3)CO4)n2)cc1. The largest absolute Gasteiger partial charge is 0.490 e. The van der Waals surface area contributed by atoms with Crippen molar-refractivity contribution in [1.29, 1.82) is 0 Å². The molecule has 4 bridgehead atoms. The van der Waals surface area contributed by atoms with Crippen LogP contribution in [0.5, 0.6) is 28.9 Å². The highest BCUT2D eigenvalue weighted by atomic mass is 35.5. The van der Waals surface area contributed by atoms with Gasteiger partial charge in [-0.1, -0.05) is 35.3 Å². The van der Waals surface area contributed by atoms with Crippen molar-refractivity contribution in [2.24, 2.45) is 0 Å². The van der Waals surface area contributed by atoms with E-state index in [0.717, 1.165) is 31.7 Å². The molecule has 3 aromatic heterocycles. The Morgan fingerprint density at radius 3 is 2.29 bits per heavy atom. The van der Waals surface area contributed by atoms with E-state index in [4.69, 9.17) is 61.3 Å². The zero-order valence-corrected chi connectivity index (χ0v) is 42.7. The minimum atomic E-state index is -1.49. The molecule has 15 nitrogen and oxygen atoms in total. The second kappa shape index (κ2) is 22.7. The van der Waals surface area contributed by atoms with E-state index >= 15 is 0 Å². The zero-order valence-electron chi connectivity index (χ0n) is 40.3. The van der Waals surface area contributed by atoms with E-state index in [1.165, 1.54) is 29.8 Å². The van der Waals surface area contributed by atoms with Gasteiger partial charge in [-0.25, -0.2) is 29.1 Å². The zero-order chi connectivity index (χ0) is 50.5. The Morgan fingerprint density at radius 1 is 0.889 bits per heavy atom. The van der Waals surface area contributed by atoms with Gasteiger partial charge in [-0.2, -0.15) is 0 Å². The van der Waals surface area contributed by atoms with Gasteiger partial charge in [-0.15, -0.1) is 11.3 Å². The Kier molecular flexibility index (Phi) is 16.0. The Bertz CT molecular complexity index is 3020. The molecule has 4 aromatic carbocycles. The summed E-state index contributed by atoms with van der Waals surface area (Å²) >= 11 is 16.0. The Hall–Kier alpha value is -6.18. The first-order chi connectivity index (χ1) is 34.9. The van der Waals surface area contributed by atoms with Gasteiger partial charge in [0.1, 0.15) is 59.6 Å². The fraction of sp³-hybridized carbons (Fsp3) is 0.340. The molecule has 0 amide bonds. The van der Waals surface area contributed by atoms with E-state index in [2.05, 4.69) is 31.8 Å². The molecule has 3 aliphatic heterocycles. The second-order valence-corrected chi connectivity index (χ2v) is 19.4. The van der Waals surface area contributed by atoms with Gasteiger partial charge in [0.15, 0.2) is 11.6 Å². The molecule has 72 heavy (non-hydrogen) atoms. The van der Waals surface area contributed by atoms with E-state index in [0.29, 0.717) is 103 Å². The number of benzene rings is 4. The van der Waals surface area contributed by atoms with Crippen molar-refractivity contribution >= 4 is 50.7 Å². The number of piperazine rings is 1. The third-order valence-corrected chi connectivity index (χ3v) is 14.6. The fourth-order valence-corrected chi connectivity index (χ4v) is 10.5. The number of fused-ring (bicyclic) bond motifs is 7. The summed E-state index contributed by atoms with van der Waals surface area (Å²) in [5, 5.41) is 11.9. The van der Waals surface area contributed by atoms with Crippen molar-refractivity contribution in [3.05, 3.63) is 124 Å². The van der Waals surface area contributed by atoms with E-state index < -0.39 is 24.0 Å². The highest BCUT2D eigenvalue weighted by molar-refractivity contribution is 7.22. The summed E-state index contributed by atoms with van der Waals surface area (Å²) in [5.41, 5.74) is 5.05. The highest BCUT2D eigenvalue weighted by Crippen LogP contribution is 2.53. The maximum atomic E-state index is 14.4. The van der Waals surface area contributed by atoms with Crippen LogP contribution in [0.3, 0.4) is 0 Å². The van der Waals surface area contributed by atoms with Crippen LogP contribution in [-0.4, -0.2) is 133 Å². The monoisotopic (exact) mass is 1040 g/mol. The molecule has 2 atom stereocenters. The maximum absolute atomic E-state index is 14.4. The van der Waals surface area contributed by atoms with Crippen molar-refractivity contribution in [1.82, 2.24) is 29.7 Å². The molecule has 3 aliphatic rings. The number of likely N-dealkylation sites (N-methyl/N-ethyl adjacent to an activating group) is 1. The fourth-order valence-electron chi connectivity index (χ4n) is 8.84. The lowest BCUT2D eigenvalue weighted by Crippen LogP contribution is -2.49. The Balaban J connectivity index is 1.10. The summed E-state index contributed by atoms with van der Waals surface area (Å²) in [4.78, 5) is 37.7. The summed E-state index contributed by atoms with van der Waals surface area (Å²) < 4.78 is 57.3. The summed E-state index contributed by atoms with van der Waals surface area (Å²) in [6.45, 7) is 8.55. The van der Waals surface area contributed by atoms with Crippen molar-refractivity contribution in [3.8, 4) is 61.8 Å². The molecule has 0 unspecified atom stereocenters. The van der Waals surface area contributed by atoms with Gasteiger partial charge in [-0.05, 0) is 104 Å². The number of methoxy groups -OCH3 is 2. The summed E-state index contributed by atoms with van der Waals surface area (Å²) in [6, 6.07) is 20.5. The smallest absolute Gasteiger partial charge is 0.345 e. The highest BCUT2D eigenvalue weighted by Gasteiger charge is 2.32. The average molecular weight is 1040 g/mol. The standard InChI is InChI=1S/C53H53Cl2FN6O9S/c1-30-43-31(2)47(55)48(46(30)54)70-39(24-62-20-18-61(3)19-21-62)28-67-38-14-15-41(68-25-36-16-17-57-50(60-36)33-8-12-37(13-9-33)69-40(26-65-4)27-66-5)34(22-38)23-42(53(63)64)71-51-45-44(43)49(72-52(45)59-29-58-51)32-6-10-35(56)11-7-32/h6-17,22,29,39-40,42H,18-21,23-28H2,1-5H3,(H,63,64)/t39-,42-/m1/s1. The summed E-state index contributed by atoms with van der Waals surface area (Å²) in [7, 11) is 5.32. The molecule has 0 aliphatic carbocycles. The molecular formula is C53H53Cl2FN6O9S. The number of hydrogen-bond donors (Lipinski definition) is 1. The van der Waals surface area contributed by atoms with Gasteiger partial charge in [0.2, 0.25) is 12.0 Å². The number of thiophene rings is 1. The lowest BCUT2D eigenvalue weighted by Gasteiger charge is -2.35. The van der Waals surface area contributed by atoms with Crippen molar-refractivity contribution in [3.63, 3.8) is 0 Å². The van der Waals surface area contributed by atoms with Gasteiger partial charge in [-0.3, -0.25) is 4.90 Å². The van der Waals surface area contributed by atoms with Crippen LogP contribution in [0.4, 0.5) is 4.39 Å². The number of ether oxygens (including phenoxy) is 7. The molecule has 6 heterocycles. The lowest BCUT2D eigenvalue weighted by atomic mass is 9.92. The van der Waals surface area contributed by atoms with Crippen LogP contribution < -0.4 is 23.7 Å². The van der Waals surface area contributed by atoms with E-state index in [9.17, 15) is 14.3 Å². The average Bonchev–Trinajstić information content (AvgIpc) is 3.76. The maximum Gasteiger partial charge on any atom is 0.345 e. The molecule has 0 spiro atoms. The van der Waals surface area contributed by atoms with Crippen molar-refractivity contribution in [2.45, 2.75) is 45.2 Å². The number of rotatable bonds is 14. The number of hydrogen-bond acceptors (Lipinski definition) is 15. The topological polar surface area (TPSA) is 160 Å². The molecule has 7 aromatic rings. The third-order valence-electron chi connectivity index (χ3n) is 12.6. The number of carboxylic acids is 1. The quantitative estimate of drug-likeness (QED) is 0.110. The summed E-state index contributed by atoms with van der Waals surface area (Å²) in [6.07, 6.45) is 0.510. The molecule has 19 heteroatoms. The predicted octanol–water partition coefficient (Wildman–Crippen LogP) is 9.63. The minimum Gasteiger partial charge on any atom is -0.490 e. The van der Waals surface area contributed by atoms with E-state index in [1.54, 1.807) is 56.8 Å². The molecule has 376 valence electrons. The van der Waals surface area contributed by atoms with Crippen LogP contribution in [-0.2, 0) is 27.3 Å². The number of carboxylic acid groups (broad SMARTS) is 1. The molecular weight excluding hydrogens is 987 g/mol. The first-order valence-corrected chi connectivity index (χ1v) is 24.9. The van der Waals surface area contributed by atoms with Crippen LogP contribution in [0, 0.1) is 19.7 Å². The Morgan fingerprint density at radius 2 is 1.60 bits per heavy atom. The first-order valence-electron chi connectivity index (χ1n) is 23.3. The van der Waals surface area contributed by atoms with Crippen LogP contribution in [0.15, 0.2) is 85.3 Å². The van der Waals surface area contributed by atoms with Crippen LogP contribution >= 0.6 is 34.5 Å². The number of carbonyl (C=O) groups is 1. The molecule has 1 fully saturated rings. The van der Waals surface area contributed by atoms with Gasteiger partial charge in [0.05, 0.1) is 34.3 Å². The number of halogens is 3. The minimum absolute atomic E-state index is 0.0164. The van der Waals surface area contributed by atoms with Crippen LogP contribution in [0.25, 0.3) is 43.2 Å². The van der Waals surface area contributed by atoms with Gasteiger partial charge in [0, 0.05) is 81.1 Å². The number of aromatic nitrogens is 4. The van der Waals surface area contributed by atoms with Crippen molar-refractivity contribution in [2.75, 3.05) is 73.8 Å². The predicted molar refractivity (Wildman–Crippen MR) is 274 cm³/mol. The lowest BCUT2D eigenvalue weighted by molar-refractivity contribution is -0.145. The summed E-state index contributed by atoms with van der Waals surface area (Å²) in [5.74, 6) is 0.618. The molecule has 0 saturated carbocycles. The molecule has 0 radical (unpaired) electrons. The normalized spacial score (nSPS) is 16.5. The number of aliphatic carboxylic acids is 1.